The molecule has 2 atom stereocenters. The fourth-order valence-electron chi connectivity index (χ4n) is 4.97. The molecule has 2 unspecified atom stereocenters. The summed E-state index contributed by atoms with van der Waals surface area (Å²) < 4.78 is 30.9. The van der Waals surface area contributed by atoms with Crippen molar-refractivity contribution in [2.75, 3.05) is 31.2 Å². The smallest absolute Gasteiger partial charge is 0.229 e. The van der Waals surface area contributed by atoms with Crippen molar-refractivity contribution >= 4 is 15.7 Å². The minimum absolute atomic E-state index is 0.132. The van der Waals surface area contributed by atoms with Crippen molar-refractivity contribution in [3.63, 3.8) is 0 Å². The predicted molar refractivity (Wildman–Crippen MR) is 113 cm³/mol. The molecule has 1 saturated heterocycles. The molecule has 156 valence electrons. The van der Waals surface area contributed by atoms with Gasteiger partial charge in [-0.15, -0.1) is 0 Å². The van der Waals surface area contributed by atoms with Gasteiger partial charge in [-0.3, -0.25) is 9.62 Å². The highest BCUT2D eigenvalue weighted by Gasteiger charge is 2.53. The molecule has 7 heteroatoms. The summed E-state index contributed by atoms with van der Waals surface area (Å²) in [7, 11) is -1.69. The fourth-order valence-corrected chi connectivity index (χ4v) is 5.53. The van der Waals surface area contributed by atoms with E-state index in [4.69, 9.17) is 4.74 Å². The van der Waals surface area contributed by atoms with Crippen LogP contribution >= 0.6 is 0 Å². The van der Waals surface area contributed by atoms with E-state index in [-0.39, 0.29) is 11.8 Å². The van der Waals surface area contributed by atoms with E-state index in [9.17, 15) is 13.5 Å². The molecular formula is C22H28N2O4S. The van der Waals surface area contributed by atoms with Gasteiger partial charge in [-0.25, -0.2) is 8.42 Å². The molecule has 2 fully saturated rings. The quantitative estimate of drug-likeness (QED) is 0.757. The van der Waals surface area contributed by atoms with E-state index in [1.165, 1.54) is 5.56 Å². The summed E-state index contributed by atoms with van der Waals surface area (Å²) in [5.74, 6) is 1.12. The Balaban J connectivity index is 1.52. The van der Waals surface area contributed by atoms with Crippen LogP contribution in [0.5, 0.6) is 5.75 Å². The van der Waals surface area contributed by atoms with E-state index in [0.29, 0.717) is 5.69 Å². The Morgan fingerprint density at radius 3 is 2.38 bits per heavy atom. The number of hydrogen-bond donors (Lipinski definition) is 2. The van der Waals surface area contributed by atoms with Crippen LogP contribution in [0.1, 0.15) is 24.0 Å². The molecule has 2 aliphatic rings. The van der Waals surface area contributed by atoms with Crippen molar-refractivity contribution in [2.45, 2.75) is 25.0 Å². The van der Waals surface area contributed by atoms with Gasteiger partial charge in [-0.2, -0.15) is 0 Å². The first kappa shape index (κ1) is 20.2. The highest BCUT2D eigenvalue weighted by molar-refractivity contribution is 7.92. The SMILES string of the molecule is COc1ccc(CN2CC3CCC(C2)C3(O)c2cccc(NS(C)(=O)=O)c2)cc1. The van der Waals surface area contributed by atoms with Crippen LogP contribution in [-0.2, 0) is 22.2 Å². The van der Waals surface area contributed by atoms with Crippen molar-refractivity contribution in [3.8, 4) is 5.75 Å². The molecular weight excluding hydrogens is 388 g/mol. The normalized spacial score (nSPS) is 27.0. The lowest BCUT2D eigenvalue weighted by molar-refractivity contribution is -0.0914. The van der Waals surface area contributed by atoms with Crippen LogP contribution in [0.4, 0.5) is 5.69 Å². The first-order valence-corrected chi connectivity index (χ1v) is 11.8. The lowest BCUT2D eigenvalue weighted by Crippen LogP contribution is -2.51. The van der Waals surface area contributed by atoms with E-state index in [1.54, 1.807) is 19.2 Å². The molecule has 1 aliphatic heterocycles. The summed E-state index contributed by atoms with van der Waals surface area (Å²) >= 11 is 0. The average Bonchev–Trinajstić information content (AvgIpc) is 2.85. The zero-order valence-corrected chi connectivity index (χ0v) is 17.7. The van der Waals surface area contributed by atoms with Crippen molar-refractivity contribution in [2.24, 2.45) is 11.8 Å². The molecule has 0 amide bonds. The number of nitrogens with one attached hydrogen (secondary N) is 1. The van der Waals surface area contributed by atoms with Crippen LogP contribution in [0.15, 0.2) is 48.5 Å². The second-order valence-electron chi connectivity index (χ2n) is 8.29. The summed E-state index contributed by atoms with van der Waals surface area (Å²) in [6, 6.07) is 15.3. The molecule has 0 aromatic heterocycles. The van der Waals surface area contributed by atoms with Gasteiger partial charge < -0.3 is 9.84 Å². The van der Waals surface area contributed by atoms with Crippen LogP contribution in [0.25, 0.3) is 0 Å². The van der Waals surface area contributed by atoms with E-state index in [2.05, 4.69) is 21.8 Å². The Hall–Kier alpha value is -2.09. The second kappa shape index (κ2) is 7.63. The minimum atomic E-state index is -3.35. The Labute approximate surface area is 172 Å². The zero-order chi connectivity index (χ0) is 20.6. The number of anilines is 1. The van der Waals surface area contributed by atoms with Crippen molar-refractivity contribution in [3.05, 3.63) is 59.7 Å². The Bertz CT molecular complexity index is 961. The number of benzene rings is 2. The van der Waals surface area contributed by atoms with Gasteiger partial charge >= 0.3 is 0 Å². The predicted octanol–water partition coefficient (Wildman–Crippen LogP) is 2.80. The minimum Gasteiger partial charge on any atom is -0.497 e. The van der Waals surface area contributed by atoms with Crippen LogP contribution < -0.4 is 9.46 Å². The summed E-state index contributed by atoms with van der Waals surface area (Å²) in [6.07, 6.45) is 3.09. The van der Waals surface area contributed by atoms with Crippen molar-refractivity contribution in [1.82, 2.24) is 4.90 Å². The summed E-state index contributed by atoms with van der Waals surface area (Å²) in [6.45, 7) is 2.49. The molecule has 1 aliphatic carbocycles. The van der Waals surface area contributed by atoms with Crippen molar-refractivity contribution < 1.29 is 18.3 Å². The number of fused-ring (bicyclic) bond motifs is 2. The third-order valence-corrected chi connectivity index (χ3v) is 6.87. The van der Waals surface area contributed by atoms with Crippen LogP contribution in [0.3, 0.4) is 0 Å². The molecule has 2 aromatic carbocycles. The molecule has 2 aromatic rings. The summed E-state index contributed by atoms with van der Waals surface area (Å²) in [4.78, 5) is 2.41. The van der Waals surface area contributed by atoms with Gasteiger partial charge in [-0.05, 0) is 48.2 Å². The maximum absolute atomic E-state index is 11.7. The molecule has 1 saturated carbocycles. The van der Waals surface area contributed by atoms with Gasteiger partial charge in [0.25, 0.3) is 0 Å². The van der Waals surface area contributed by atoms with Gasteiger partial charge in [0, 0.05) is 37.2 Å². The van der Waals surface area contributed by atoms with Gasteiger partial charge in [0.15, 0.2) is 0 Å². The van der Waals surface area contributed by atoms with Crippen molar-refractivity contribution in [1.29, 1.82) is 0 Å². The number of hydrogen-bond acceptors (Lipinski definition) is 5. The standard InChI is InChI=1S/C22H28N2O4S/c1-28-21-10-6-16(7-11-21)13-24-14-18-8-9-19(15-24)22(18,25)17-4-3-5-20(12-17)23-29(2,26)27/h3-7,10-12,18-19,23,25H,8-9,13-15H2,1-2H3. The van der Waals surface area contributed by atoms with Gasteiger partial charge in [-0.1, -0.05) is 24.3 Å². The highest BCUT2D eigenvalue weighted by atomic mass is 32.2. The molecule has 1 heterocycles. The second-order valence-corrected chi connectivity index (χ2v) is 10.0. The zero-order valence-electron chi connectivity index (χ0n) is 16.8. The van der Waals surface area contributed by atoms with E-state index in [1.807, 2.05) is 24.3 Å². The van der Waals surface area contributed by atoms with Gasteiger partial charge in [0.2, 0.25) is 10.0 Å². The maximum Gasteiger partial charge on any atom is 0.229 e. The maximum atomic E-state index is 11.7. The third kappa shape index (κ3) is 4.13. The lowest BCUT2D eigenvalue weighted by Gasteiger charge is -2.45. The first-order valence-electron chi connectivity index (χ1n) is 9.94. The fraction of sp³-hybridized carbons (Fsp3) is 0.455. The molecule has 0 radical (unpaired) electrons. The van der Waals surface area contributed by atoms with Crippen LogP contribution in [-0.4, -0.2) is 44.9 Å². The topological polar surface area (TPSA) is 78.9 Å². The number of rotatable bonds is 6. The van der Waals surface area contributed by atoms with Crippen LogP contribution in [0, 0.1) is 11.8 Å². The Morgan fingerprint density at radius 1 is 1.14 bits per heavy atom. The van der Waals surface area contributed by atoms with Crippen LogP contribution in [0.2, 0.25) is 0 Å². The number of piperidine rings is 1. The van der Waals surface area contributed by atoms with Gasteiger partial charge in [0.05, 0.1) is 19.0 Å². The van der Waals surface area contributed by atoms with Gasteiger partial charge in [0.1, 0.15) is 5.75 Å². The van der Waals surface area contributed by atoms with E-state index < -0.39 is 15.6 Å². The lowest BCUT2D eigenvalue weighted by atomic mass is 9.75. The summed E-state index contributed by atoms with van der Waals surface area (Å²) in [5, 5.41) is 11.7. The number of aliphatic hydroxyl groups is 1. The highest BCUT2D eigenvalue weighted by Crippen LogP contribution is 2.51. The molecule has 29 heavy (non-hydrogen) atoms. The number of nitrogens with zero attached hydrogens (tertiary/aromatic N) is 1. The third-order valence-electron chi connectivity index (χ3n) is 6.26. The first-order chi connectivity index (χ1) is 13.8. The summed E-state index contributed by atoms with van der Waals surface area (Å²) in [5.41, 5.74) is 1.63. The number of ether oxygens (including phenoxy) is 1. The monoisotopic (exact) mass is 416 g/mol. The van der Waals surface area contributed by atoms with E-state index >= 15 is 0 Å². The average molecular weight is 417 g/mol. The Kier molecular flexibility index (Phi) is 5.31. The Morgan fingerprint density at radius 2 is 1.79 bits per heavy atom. The number of likely N-dealkylation sites (tertiary alicyclic amines) is 1. The largest absolute Gasteiger partial charge is 0.497 e. The number of sulfonamides is 1. The molecule has 6 nitrogen and oxygen atoms in total. The molecule has 2 bridgehead atoms. The molecule has 4 rings (SSSR count). The molecule has 2 N–H and O–H groups in total. The van der Waals surface area contributed by atoms with E-state index in [0.717, 1.165) is 50.0 Å². The number of methoxy groups -OCH3 is 1. The molecule has 0 spiro atoms.